The number of benzene rings is 1. The van der Waals surface area contributed by atoms with Gasteiger partial charge in [-0.3, -0.25) is 0 Å². The van der Waals surface area contributed by atoms with Crippen LogP contribution in [0.1, 0.15) is 25.8 Å². The number of hydrogen-bond acceptors (Lipinski definition) is 3. The summed E-state index contributed by atoms with van der Waals surface area (Å²) < 4.78 is 5.35. The second-order valence-electron chi connectivity index (χ2n) is 6.00. The van der Waals surface area contributed by atoms with Gasteiger partial charge >= 0.3 is 6.09 Å². The average molecular weight is 276 g/mol. The van der Waals surface area contributed by atoms with Crippen LogP contribution in [0.3, 0.4) is 0 Å². The van der Waals surface area contributed by atoms with E-state index in [2.05, 4.69) is 13.8 Å². The number of rotatable bonds is 4. The van der Waals surface area contributed by atoms with E-state index in [-0.39, 0.29) is 12.1 Å². The Morgan fingerprint density at radius 2 is 2.05 bits per heavy atom. The fourth-order valence-electron chi connectivity index (χ4n) is 2.71. The number of hydrogen-bond donors (Lipinski definition) is 1. The van der Waals surface area contributed by atoms with Gasteiger partial charge in [0.1, 0.15) is 6.61 Å². The summed E-state index contributed by atoms with van der Waals surface area (Å²) in [6, 6.07) is 9.79. The van der Waals surface area contributed by atoms with E-state index in [1.54, 1.807) is 4.90 Å². The quantitative estimate of drug-likeness (QED) is 0.919. The first-order valence-corrected chi connectivity index (χ1v) is 7.27. The van der Waals surface area contributed by atoms with E-state index in [0.29, 0.717) is 31.5 Å². The third kappa shape index (κ3) is 3.97. The van der Waals surface area contributed by atoms with E-state index in [1.165, 1.54) is 0 Å². The van der Waals surface area contributed by atoms with Crippen LogP contribution in [0.2, 0.25) is 0 Å². The topological polar surface area (TPSA) is 55.6 Å². The van der Waals surface area contributed by atoms with Crippen LogP contribution in [-0.4, -0.2) is 30.1 Å². The Balaban J connectivity index is 1.82. The molecule has 1 fully saturated rings. The fraction of sp³-hybridized carbons (Fsp3) is 0.562. The largest absolute Gasteiger partial charge is 0.445 e. The molecular formula is C16H24N2O2. The molecule has 0 spiro atoms. The molecule has 1 aliphatic heterocycles. The summed E-state index contributed by atoms with van der Waals surface area (Å²) in [5.74, 6) is 0.991. The van der Waals surface area contributed by atoms with Gasteiger partial charge in [-0.05, 0) is 23.8 Å². The second-order valence-corrected chi connectivity index (χ2v) is 6.00. The molecule has 1 saturated heterocycles. The molecule has 4 heteroatoms. The highest BCUT2D eigenvalue weighted by atomic mass is 16.6. The molecule has 110 valence electrons. The average Bonchev–Trinajstić information content (AvgIpc) is 2.78. The summed E-state index contributed by atoms with van der Waals surface area (Å²) in [7, 11) is 0. The Morgan fingerprint density at radius 1 is 1.35 bits per heavy atom. The monoisotopic (exact) mass is 276 g/mol. The molecule has 1 aromatic carbocycles. The number of carbonyl (C=O) groups is 1. The van der Waals surface area contributed by atoms with Gasteiger partial charge in [0.15, 0.2) is 0 Å². The van der Waals surface area contributed by atoms with Crippen molar-refractivity contribution in [3.63, 3.8) is 0 Å². The van der Waals surface area contributed by atoms with E-state index >= 15 is 0 Å². The van der Waals surface area contributed by atoms with Crippen molar-refractivity contribution in [2.24, 2.45) is 17.6 Å². The number of likely N-dealkylation sites (tertiary alicyclic amines) is 1. The van der Waals surface area contributed by atoms with Gasteiger partial charge in [0, 0.05) is 19.1 Å². The molecule has 1 aliphatic rings. The minimum Gasteiger partial charge on any atom is -0.445 e. The first kappa shape index (κ1) is 14.9. The summed E-state index contributed by atoms with van der Waals surface area (Å²) in [6.45, 7) is 6.00. The van der Waals surface area contributed by atoms with E-state index in [1.807, 2.05) is 30.3 Å². The molecule has 2 rings (SSSR count). The molecule has 1 heterocycles. The van der Waals surface area contributed by atoms with Gasteiger partial charge < -0.3 is 15.4 Å². The molecular weight excluding hydrogens is 252 g/mol. The fourth-order valence-corrected chi connectivity index (χ4v) is 2.71. The van der Waals surface area contributed by atoms with E-state index in [0.717, 1.165) is 12.0 Å². The molecule has 2 atom stereocenters. The van der Waals surface area contributed by atoms with Crippen LogP contribution in [0.4, 0.5) is 4.79 Å². The third-order valence-corrected chi connectivity index (χ3v) is 3.73. The lowest BCUT2D eigenvalue weighted by molar-refractivity contribution is 0.102. The van der Waals surface area contributed by atoms with Crippen molar-refractivity contribution in [2.75, 3.05) is 13.1 Å². The van der Waals surface area contributed by atoms with Crippen LogP contribution in [0.5, 0.6) is 0 Å². The van der Waals surface area contributed by atoms with Crippen LogP contribution in [0.25, 0.3) is 0 Å². The molecule has 0 radical (unpaired) electrons. The molecule has 0 saturated carbocycles. The summed E-state index contributed by atoms with van der Waals surface area (Å²) in [5, 5.41) is 0. The molecule has 20 heavy (non-hydrogen) atoms. The van der Waals surface area contributed by atoms with Crippen molar-refractivity contribution < 1.29 is 9.53 Å². The lowest BCUT2D eigenvalue weighted by Gasteiger charge is -2.17. The van der Waals surface area contributed by atoms with Gasteiger partial charge in [-0.2, -0.15) is 0 Å². The Hall–Kier alpha value is -1.55. The molecule has 0 aromatic heterocycles. The zero-order valence-electron chi connectivity index (χ0n) is 12.3. The van der Waals surface area contributed by atoms with Crippen molar-refractivity contribution in [1.82, 2.24) is 4.90 Å². The van der Waals surface area contributed by atoms with Gasteiger partial charge in [-0.1, -0.05) is 44.2 Å². The predicted octanol–water partition coefficient (Wildman–Crippen LogP) is 2.63. The number of ether oxygens (including phenoxy) is 1. The highest BCUT2D eigenvalue weighted by Gasteiger charge is 2.33. The van der Waals surface area contributed by atoms with Crippen molar-refractivity contribution in [1.29, 1.82) is 0 Å². The maximum absolute atomic E-state index is 12.0. The lowest BCUT2D eigenvalue weighted by Crippen LogP contribution is -2.32. The van der Waals surface area contributed by atoms with Crippen molar-refractivity contribution in [3.8, 4) is 0 Å². The van der Waals surface area contributed by atoms with Crippen molar-refractivity contribution in [3.05, 3.63) is 35.9 Å². The van der Waals surface area contributed by atoms with Gasteiger partial charge in [-0.15, -0.1) is 0 Å². The maximum atomic E-state index is 12.0. The van der Waals surface area contributed by atoms with E-state index in [4.69, 9.17) is 10.5 Å². The first-order valence-electron chi connectivity index (χ1n) is 7.27. The predicted molar refractivity (Wildman–Crippen MR) is 79.1 cm³/mol. The number of nitrogens with zero attached hydrogens (tertiary/aromatic N) is 1. The zero-order valence-corrected chi connectivity index (χ0v) is 12.3. The Labute approximate surface area is 120 Å². The smallest absolute Gasteiger partial charge is 0.410 e. The molecule has 4 nitrogen and oxygen atoms in total. The summed E-state index contributed by atoms with van der Waals surface area (Å²) in [6.07, 6.45) is 0.805. The number of carbonyl (C=O) groups excluding carboxylic acids is 1. The second kappa shape index (κ2) is 6.75. The number of amides is 1. The van der Waals surface area contributed by atoms with E-state index < -0.39 is 0 Å². The van der Waals surface area contributed by atoms with Crippen LogP contribution in [0.15, 0.2) is 30.3 Å². The van der Waals surface area contributed by atoms with Crippen LogP contribution < -0.4 is 5.73 Å². The van der Waals surface area contributed by atoms with Crippen LogP contribution >= 0.6 is 0 Å². The highest BCUT2D eigenvalue weighted by molar-refractivity contribution is 5.68. The van der Waals surface area contributed by atoms with Crippen molar-refractivity contribution in [2.45, 2.75) is 32.9 Å². The Kier molecular flexibility index (Phi) is 5.01. The summed E-state index contributed by atoms with van der Waals surface area (Å²) in [4.78, 5) is 13.8. The lowest BCUT2D eigenvalue weighted by atomic mass is 9.94. The van der Waals surface area contributed by atoms with Crippen molar-refractivity contribution >= 4 is 6.09 Å². The minimum absolute atomic E-state index is 0.0710. The molecule has 0 aliphatic carbocycles. The van der Waals surface area contributed by atoms with Gasteiger partial charge in [0.2, 0.25) is 0 Å². The Bertz CT molecular complexity index is 433. The molecule has 1 aromatic rings. The summed E-state index contributed by atoms with van der Waals surface area (Å²) >= 11 is 0. The molecule has 0 unspecified atom stereocenters. The molecule has 1 amide bonds. The van der Waals surface area contributed by atoms with Crippen LogP contribution in [-0.2, 0) is 11.3 Å². The van der Waals surface area contributed by atoms with E-state index in [9.17, 15) is 4.79 Å². The van der Waals surface area contributed by atoms with Crippen LogP contribution in [0, 0.1) is 11.8 Å². The Morgan fingerprint density at radius 3 is 2.70 bits per heavy atom. The molecule has 2 N–H and O–H groups in total. The first-order chi connectivity index (χ1) is 9.56. The molecule has 0 bridgehead atoms. The van der Waals surface area contributed by atoms with Gasteiger partial charge in [0.25, 0.3) is 0 Å². The normalized spacial score (nSPS) is 22.3. The van der Waals surface area contributed by atoms with Gasteiger partial charge in [0.05, 0.1) is 0 Å². The zero-order chi connectivity index (χ0) is 14.5. The summed E-state index contributed by atoms with van der Waals surface area (Å²) in [5.41, 5.74) is 7.12. The van der Waals surface area contributed by atoms with Gasteiger partial charge in [-0.25, -0.2) is 4.79 Å². The minimum atomic E-state index is -0.254. The standard InChI is InChI=1S/C16H24N2O2/c1-12(2)8-14-9-18(10-15(14)17)16(19)20-11-13-6-4-3-5-7-13/h3-7,12,14-15H,8-11,17H2,1-2H3/t14-,15-/m1/s1. The SMILES string of the molecule is CC(C)C[C@@H]1CN(C(=O)OCc2ccccc2)C[C@H]1N. The number of nitrogens with two attached hydrogens (primary N) is 1. The maximum Gasteiger partial charge on any atom is 0.410 e. The highest BCUT2D eigenvalue weighted by Crippen LogP contribution is 2.23. The third-order valence-electron chi connectivity index (χ3n) is 3.73.